The molecular weight excluding hydrogens is 251 g/mol. The maximum Gasteiger partial charge on any atom is 0.417 e. The molecule has 0 amide bonds. The lowest BCUT2D eigenvalue weighted by molar-refractivity contribution is -0.0889. The Bertz CT molecular complexity index is 462. The Morgan fingerprint density at radius 3 is 2.59 bits per heavy atom. The van der Waals surface area contributed by atoms with Crippen LogP contribution in [0.25, 0.3) is 0 Å². The molecule has 0 bridgehead atoms. The van der Waals surface area contributed by atoms with Gasteiger partial charge in [0.1, 0.15) is 0 Å². The Hall–Kier alpha value is -1.29. The summed E-state index contributed by atoms with van der Waals surface area (Å²) in [5.74, 6) is -0.185. The van der Waals surface area contributed by atoms with Crippen molar-refractivity contribution in [2.75, 3.05) is 0 Å². The van der Waals surface area contributed by atoms with Crippen LogP contribution in [-0.2, 0) is 0 Å². The molecule has 1 nitrogen and oxygen atoms in total. The van der Waals surface area contributed by atoms with Crippen LogP contribution in [0.3, 0.4) is 0 Å². The van der Waals surface area contributed by atoms with Crippen molar-refractivity contribution in [2.45, 2.75) is 18.5 Å². The van der Waals surface area contributed by atoms with Gasteiger partial charge in [-0.1, -0.05) is 29.8 Å². The summed E-state index contributed by atoms with van der Waals surface area (Å²) in [6.45, 7) is 0. The van der Waals surface area contributed by atoms with Gasteiger partial charge < -0.3 is 0 Å². The highest BCUT2D eigenvalue weighted by Crippen LogP contribution is 2.39. The summed E-state index contributed by atoms with van der Waals surface area (Å²) in [4.78, 5) is 4.11. The number of allylic oxidation sites excluding steroid dienone is 4. The third-order valence-corrected chi connectivity index (χ3v) is 2.92. The number of nitrogens with zero attached hydrogens (tertiary/aromatic N) is 1. The molecule has 0 saturated heterocycles. The molecule has 1 aromatic rings. The molecule has 0 radical (unpaired) electrons. The van der Waals surface area contributed by atoms with Gasteiger partial charge in [0.2, 0.25) is 0 Å². The molecule has 0 aliphatic heterocycles. The zero-order chi connectivity index (χ0) is 12.5. The van der Waals surface area contributed by atoms with Gasteiger partial charge in [-0.05, 0) is 18.6 Å². The van der Waals surface area contributed by atoms with Crippen LogP contribution in [0.1, 0.15) is 18.0 Å². The van der Waals surface area contributed by atoms with E-state index < -0.39 is 11.7 Å². The zero-order valence-corrected chi connectivity index (χ0v) is 9.46. The fourth-order valence-electron chi connectivity index (χ4n) is 1.72. The Balaban J connectivity index is 2.23. The lowest BCUT2D eigenvalue weighted by atomic mass is 9.93. The number of aromatic nitrogens is 1. The predicted octanol–water partition coefficient (Wildman–Crippen LogP) is 4.18. The molecule has 0 saturated carbocycles. The third-order valence-electron chi connectivity index (χ3n) is 2.56. The summed E-state index contributed by atoms with van der Waals surface area (Å²) in [5.41, 5.74) is -0.0329. The van der Waals surface area contributed by atoms with Gasteiger partial charge in [-0.15, -0.1) is 0 Å². The van der Waals surface area contributed by atoms with E-state index in [4.69, 9.17) is 11.6 Å². The highest BCUT2D eigenvalue weighted by atomic mass is 35.5. The molecule has 1 aromatic heterocycles. The lowest BCUT2D eigenvalue weighted by Gasteiger charge is -2.20. The molecule has 90 valence electrons. The average molecular weight is 260 g/mol. The van der Waals surface area contributed by atoms with Crippen molar-refractivity contribution in [3.05, 3.63) is 52.8 Å². The van der Waals surface area contributed by atoms with Crippen molar-refractivity contribution < 1.29 is 13.2 Å². The summed E-state index contributed by atoms with van der Waals surface area (Å²) in [7, 11) is 0. The van der Waals surface area contributed by atoms with Crippen LogP contribution in [-0.4, -0.2) is 11.2 Å². The normalized spacial score (nSPS) is 20.8. The molecular formula is C12H9ClF3N. The van der Waals surface area contributed by atoms with E-state index in [1.54, 1.807) is 24.4 Å². The van der Waals surface area contributed by atoms with Crippen molar-refractivity contribution in [3.63, 3.8) is 0 Å². The smallest absolute Gasteiger partial charge is 0.261 e. The summed E-state index contributed by atoms with van der Waals surface area (Å²) in [5, 5.41) is -0.157. The van der Waals surface area contributed by atoms with Crippen LogP contribution in [0, 0.1) is 0 Å². The molecule has 1 heterocycles. The molecule has 0 N–H and O–H groups in total. The van der Waals surface area contributed by atoms with E-state index in [9.17, 15) is 13.2 Å². The number of alkyl halides is 3. The molecule has 0 spiro atoms. The SMILES string of the molecule is FC(F)(F)C1=C(Cl)CC(c2ccccn2)C=C1. The second-order valence-electron chi connectivity index (χ2n) is 3.74. The Morgan fingerprint density at radius 2 is 2.06 bits per heavy atom. The van der Waals surface area contributed by atoms with Gasteiger partial charge in [-0.2, -0.15) is 13.2 Å². The van der Waals surface area contributed by atoms with Crippen LogP contribution >= 0.6 is 11.6 Å². The summed E-state index contributed by atoms with van der Waals surface area (Å²) in [6.07, 6.45) is -0.102. The molecule has 17 heavy (non-hydrogen) atoms. The van der Waals surface area contributed by atoms with Crippen LogP contribution < -0.4 is 0 Å². The second-order valence-corrected chi connectivity index (χ2v) is 4.20. The molecule has 5 heteroatoms. The van der Waals surface area contributed by atoms with Gasteiger partial charge in [-0.3, -0.25) is 4.98 Å². The largest absolute Gasteiger partial charge is 0.417 e. The van der Waals surface area contributed by atoms with E-state index in [1.807, 2.05) is 0 Å². The first-order valence-electron chi connectivity index (χ1n) is 5.03. The van der Waals surface area contributed by atoms with E-state index in [2.05, 4.69) is 4.98 Å². The maximum absolute atomic E-state index is 12.5. The predicted molar refractivity (Wildman–Crippen MR) is 59.7 cm³/mol. The number of hydrogen-bond acceptors (Lipinski definition) is 1. The molecule has 0 aromatic carbocycles. The quantitative estimate of drug-likeness (QED) is 0.737. The van der Waals surface area contributed by atoms with Crippen molar-refractivity contribution in [2.24, 2.45) is 0 Å². The van der Waals surface area contributed by atoms with Gasteiger partial charge in [-0.25, -0.2) is 0 Å². The van der Waals surface area contributed by atoms with E-state index in [0.29, 0.717) is 0 Å². The molecule has 2 rings (SSSR count). The highest BCUT2D eigenvalue weighted by Gasteiger charge is 2.36. The van der Waals surface area contributed by atoms with Crippen molar-refractivity contribution in [3.8, 4) is 0 Å². The lowest BCUT2D eigenvalue weighted by Crippen LogP contribution is -2.15. The number of halogens is 4. The first kappa shape index (κ1) is 12.2. The van der Waals surface area contributed by atoms with Crippen LogP contribution in [0.15, 0.2) is 47.2 Å². The average Bonchev–Trinajstić information content (AvgIpc) is 2.28. The fourth-order valence-corrected chi connectivity index (χ4v) is 2.06. The third kappa shape index (κ3) is 2.69. The second kappa shape index (κ2) is 4.53. The molecule has 1 aliphatic rings. The fraction of sp³-hybridized carbons (Fsp3) is 0.250. The van der Waals surface area contributed by atoms with Gasteiger partial charge in [0.25, 0.3) is 0 Å². The monoisotopic (exact) mass is 259 g/mol. The van der Waals surface area contributed by atoms with E-state index in [0.717, 1.165) is 11.8 Å². The van der Waals surface area contributed by atoms with Gasteiger partial charge >= 0.3 is 6.18 Å². The van der Waals surface area contributed by atoms with Crippen LogP contribution in [0.2, 0.25) is 0 Å². The standard InChI is InChI=1S/C12H9ClF3N/c13-10-7-8(11-3-1-2-6-17-11)4-5-9(10)12(14,15)16/h1-6,8H,7H2. The molecule has 1 aliphatic carbocycles. The minimum atomic E-state index is -4.39. The number of hydrogen-bond donors (Lipinski definition) is 0. The van der Waals surface area contributed by atoms with Crippen molar-refractivity contribution >= 4 is 11.6 Å². The van der Waals surface area contributed by atoms with E-state index in [-0.39, 0.29) is 17.4 Å². The Morgan fingerprint density at radius 1 is 1.29 bits per heavy atom. The van der Waals surface area contributed by atoms with Crippen LogP contribution in [0.5, 0.6) is 0 Å². The Labute approximate surface area is 102 Å². The Kier molecular flexibility index (Phi) is 3.24. The first-order valence-corrected chi connectivity index (χ1v) is 5.41. The van der Waals surface area contributed by atoms with Crippen molar-refractivity contribution in [1.82, 2.24) is 4.98 Å². The maximum atomic E-state index is 12.5. The number of rotatable bonds is 1. The number of pyridine rings is 1. The topological polar surface area (TPSA) is 12.9 Å². The minimum absolute atomic E-state index is 0.143. The zero-order valence-electron chi connectivity index (χ0n) is 8.71. The van der Waals surface area contributed by atoms with Gasteiger partial charge in [0.05, 0.1) is 5.57 Å². The molecule has 1 unspecified atom stereocenters. The van der Waals surface area contributed by atoms with E-state index in [1.165, 1.54) is 6.08 Å². The van der Waals surface area contributed by atoms with Gasteiger partial charge in [0, 0.05) is 22.8 Å². The summed E-state index contributed by atoms with van der Waals surface area (Å²) < 4.78 is 37.5. The highest BCUT2D eigenvalue weighted by molar-refractivity contribution is 6.30. The van der Waals surface area contributed by atoms with E-state index >= 15 is 0 Å². The summed E-state index contributed by atoms with van der Waals surface area (Å²) in [6, 6.07) is 5.33. The van der Waals surface area contributed by atoms with Crippen LogP contribution in [0.4, 0.5) is 13.2 Å². The van der Waals surface area contributed by atoms with Crippen molar-refractivity contribution in [1.29, 1.82) is 0 Å². The minimum Gasteiger partial charge on any atom is -0.261 e. The molecule has 1 atom stereocenters. The summed E-state index contributed by atoms with van der Waals surface area (Å²) >= 11 is 5.69. The first-order chi connectivity index (χ1) is 7.98. The van der Waals surface area contributed by atoms with Gasteiger partial charge in [0.15, 0.2) is 0 Å². The molecule has 0 fully saturated rings.